The molecule has 0 N–H and O–H groups in total. The van der Waals surface area contributed by atoms with E-state index >= 15 is 0 Å². The summed E-state index contributed by atoms with van der Waals surface area (Å²) in [4.78, 5) is 7.25. The van der Waals surface area contributed by atoms with E-state index in [9.17, 15) is 0 Å². The molecule has 0 saturated carbocycles. The SMILES string of the molecule is C1=C(/c2nc(Cc3ccccc3)c(N3CCOCC3)o2)CCCCCC/1. The lowest BCUT2D eigenvalue weighted by Gasteiger charge is -2.26. The van der Waals surface area contributed by atoms with Crippen molar-refractivity contribution >= 4 is 11.5 Å². The first kappa shape index (κ1) is 17.3. The Morgan fingerprint density at radius 2 is 1.77 bits per heavy atom. The maximum atomic E-state index is 6.35. The highest BCUT2D eigenvalue weighted by Crippen LogP contribution is 2.32. The van der Waals surface area contributed by atoms with Crippen molar-refractivity contribution in [2.24, 2.45) is 0 Å². The van der Waals surface area contributed by atoms with Gasteiger partial charge >= 0.3 is 0 Å². The van der Waals surface area contributed by atoms with Crippen LogP contribution in [0.4, 0.5) is 5.88 Å². The number of anilines is 1. The predicted octanol–water partition coefficient (Wildman–Crippen LogP) is 4.84. The lowest BCUT2D eigenvalue weighted by Crippen LogP contribution is -2.36. The molecule has 1 aromatic heterocycles. The van der Waals surface area contributed by atoms with Gasteiger partial charge in [0, 0.05) is 25.1 Å². The minimum Gasteiger partial charge on any atom is -0.421 e. The number of hydrogen-bond donors (Lipinski definition) is 0. The third-order valence-corrected chi connectivity index (χ3v) is 5.26. The molecule has 0 bridgehead atoms. The maximum absolute atomic E-state index is 6.35. The van der Waals surface area contributed by atoms with Crippen LogP contribution in [0.3, 0.4) is 0 Å². The second-order valence-electron chi connectivity index (χ2n) is 7.21. The van der Waals surface area contributed by atoms with E-state index in [1.165, 1.54) is 36.8 Å². The molecule has 2 aliphatic rings. The van der Waals surface area contributed by atoms with E-state index in [-0.39, 0.29) is 0 Å². The van der Waals surface area contributed by atoms with Crippen molar-refractivity contribution in [2.45, 2.75) is 44.9 Å². The fourth-order valence-electron chi connectivity index (χ4n) is 3.78. The Labute approximate surface area is 155 Å². The summed E-state index contributed by atoms with van der Waals surface area (Å²) in [5.74, 6) is 1.77. The first-order chi connectivity index (χ1) is 12.9. The Balaban J connectivity index is 1.64. The number of oxazole rings is 1. The normalized spacial score (nSPS) is 20.9. The van der Waals surface area contributed by atoms with Gasteiger partial charge < -0.3 is 14.1 Å². The molecule has 1 saturated heterocycles. The van der Waals surface area contributed by atoms with Gasteiger partial charge in [-0.25, -0.2) is 4.98 Å². The predicted molar refractivity (Wildman–Crippen MR) is 104 cm³/mol. The van der Waals surface area contributed by atoms with Gasteiger partial charge in [0.15, 0.2) is 0 Å². The summed E-state index contributed by atoms with van der Waals surface area (Å²) in [7, 11) is 0. The molecule has 26 heavy (non-hydrogen) atoms. The fraction of sp³-hybridized carbons (Fsp3) is 0.500. The van der Waals surface area contributed by atoms with Crippen LogP contribution in [0, 0.1) is 0 Å². The Bertz CT molecular complexity index is 730. The number of hydrogen-bond acceptors (Lipinski definition) is 4. The number of benzene rings is 1. The van der Waals surface area contributed by atoms with Crippen molar-refractivity contribution in [3.05, 3.63) is 53.6 Å². The maximum Gasteiger partial charge on any atom is 0.224 e. The van der Waals surface area contributed by atoms with Gasteiger partial charge in [-0.2, -0.15) is 0 Å². The van der Waals surface area contributed by atoms with E-state index in [2.05, 4.69) is 41.3 Å². The largest absolute Gasteiger partial charge is 0.421 e. The molecule has 1 aliphatic heterocycles. The van der Waals surface area contributed by atoms with Crippen LogP contribution < -0.4 is 4.90 Å². The quantitative estimate of drug-likeness (QED) is 0.789. The van der Waals surface area contributed by atoms with Gasteiger partial charge in [-0.15, -0.1) is 0 Å². The van der Waals surface area contributed by atoms with Gasteiger partial charge in [-0.1, -0.05) is 49.2 Å². The van der Waals surface area contributed by atoms with E-state index in [1.807, 2.05) is 0 Å². The van der Waals surface area contributed by atoms with Crippen LogP contribution in [0.15, 0.2) is 40.8 Å². The molecule has 2 aromatic rings. The Morgan fingerprint density at radius 3 is 2.62 bits per heavy atom. The molecule has 4 heteroatoms. The third-order valence-electron chi connectivity index (χ3n) is 5.26. The molecule has 1 fully saturated rings. The van der Waals surface area contributed by atoms with Crippen molar-refractivity contribution in [3.63, 3.8) is 0 Å². The Kier molecular flexibility index (Phi) is 5.70. The van der Waals surface area contributed by atoms with Crippen LogP contribution in [0.5, 0.6) is 0 Å². The molecule has 4 nitrogen and oxygen atoms in total. The molecule has 1 aliphatic carbocycles. The summed E-state index contributed by atoms with van der Waals surface area (Å²) in [6.07, 6.45) is 10.5. The number of allylic oxidation sites excluding steroid dienone is 2. The summed E-state index contributed by atoms with van der Waals surface area (Å²) >= 11 is 0. The monoisotopic (exact) mass is 352 g/mol. The second kappa shape index (κ2) is 8.54. The second-order valence-corrected chi connectivity index (χ2v) is 7.21. The van der Waals surface area contributed by atoms with E-state index in [0.717, 1.165) is 63.0 Å². The molecule has 0 amide bonds. The number of morpholine rings is 1. The smallest absolute Gasteiger partial charge is 0.224 e. The Hall–Kier alpha value is -2.07. The van der Waals surface area contributed by atoms with Gasteiger partial charge in [0.05, 0.1) is 13.2 Å². The zero-order valence-electron chi connectivity index (χ0n) is 15.5. The molecular weight excluding hydrogens is 324 g/mol. The number of ether oxygens (including phenoxy) is 1. The van der Waals surface area contributed by atoms with Gasteiger partial charge in [0.25, 0.3) is 0 Å². The van der Waals surface area contributed by atoms with E-state index in [4.69, 9.17) is 14.1 Å². The molecule has 0 radical (unpaired) electrons. The zero-order chi connectivity index (χ0) is 17.6. The highest BCUT2D eigenvalue weighted by Gasteiger charge is 2.23. The highest BCUT2D eigenvalue weighted by atomic mass is 16.5. The Morgan fingerprint density at radius 1 is 0.962 bits per heavy atom. The van der Waals surface area contributed by atoms with E-state index in [0.29, 0.717) is 0 Å². The van der Waals surface area contributed by atoms with Crippen molar-refractivity contribution < 1.29 is 9.15 Å². The zero-order valence-corrected chi connectivity index (χ0v) is 15.5. The molecular formula is C22H28N2O2. The molecule has 0 spiro atoms. The average molecular weight is 352 g/mol. The van der Waals surface area contributed by atoms with Gasteiger partial charge in [-0.05, 0) is 31.2 Å². The van der Waals surface area contributed by atoms with E-state index < -0.39 is 0 Å². The summed E-state index contributed by atoms with van der Waals surface area (Å²) < 4.78 is 11.9. The molecule has 0 atom stereocenters. The van der Waals surface area contributed by atoms with Crippen LogP contribution >= 0.6 is 0 Å². The fourth-order valence-corrected chi connectivity index (χ4v) is 3.78. The number of rotatable bonds is 4. The van der Waals surface area contributed by atoms with E-state index in [1.54, 1.807) is 0 Å². The first-order valence-corrected chi connectivity index (χ1v) is 9.96. The molecule has 138 valence electrons. The molecule has 4 rings (SSSR count). The lowest BCUT2D eigenvalue weighted by molar-refractivity contribution is 0.120. The first-order valence-electron chi connectivity index (χ1n) is 9.96. The number of nitrogens with zero attached hydrogens (tertiary/aromatic N) is 2. The number of aromatic nitrogens is 1. The topological polar surface area (TPSA) is 38.5 Å². The van der Waals surface area contributed by atoms with Crippen LogP contribution in [-0.4, -0.2) is 31.3 Å². The van der Waals surface area contributed by atoms with Crippen LogP contribution in [0.1, 0.15) is 55.7 Å². The molecule has 1 aromatic carbocycles. The minimum atomic E-state index is 0.753. The van der Waals surface area contributed by atoms with Gasteiger partial charge in [0.1, 0.15) is 5.69 Å². The van der Waals surface area contributed by atoms with Crippen molar-refractivity contribution in [1.82, 2.24) is 4.98 Å². The van der Waals surface area contributed by atoms with Crippen LogP contribution in [-0.2, 0) is 11.2 Å². The highest BCUT2D eigenvalue weighted by molar-refractivity contribution is 5.61. The lowest BCUT2D eigenvalue weighted by atomic mass is 10.00. The van der Waals surface area contributed by atoms with Crippen molar-refractivity contribution in [2.75, 3.05) is 31.2 Å². The van der Waals surface area contributed by atoms with Gasteiger partial charge in [-0.3, -0.25) is 0 Å². The minimum absolute atomic E-state index is 0.753. The summed E-state index contributed by atoms with van der Waals surface area (Å²) in [5.41, 5.74) is 3.61. The van der Waals surface area contributed by atoms with Crippen LogP contribution in [0.2, 0.25) is 0 Å². The molecule has 0 unspecified atom stereocenters. The standard InChI is InChI=1S/C22H28N2O2/c1-2-7-11-19(12-8-3-1)21-23-20(17-18-9-5-4-6-10-18)22(26-21)24-13-15-25-16-14-24/h4-6,9-11H,1-3,7-8,12-17H2/b19-11+. The summed E-state index contributed by atoms with van der Waals surface area (Å²) in [5, 5.41) is 0. The van der Waals surface area contributed by atoms with Crippen LogP contribution in [0.25, 0.3) is 5.57 Å². The van der Waals surface area contributed by atoms with Gasteiger partial charge in [0.2, 0.25) is 11.8 Å². The summed E-state index contributed by atoms with van der Waals surface area (Å²) in [6.45, 7) is 3.25. The average Bonchev–Trinajstić information content (AvgIpc) is 3.06. The van der Waals surface area contributed by atoms with Crippen molar-refractivity contribution in [3.8, 4) is 0 Å². The third kappa shape index (κ3) is 4.18. The molecule has 2 heterocycles. The summed E-state index contributed by atoms with van der Waals surface area (Å²) in [6, 6.07) is 10.5. The van der Waals surface area contributed by atoms with Crippen molar-refractivity contribution in [1.29, 1.82) is 0 Å².